The molecule has 0 unspecified atom stereocenters. The zero-order chi connectivity index (χ0) is 9.10. The van der Waals surface area contributed by atoms with Gasteiger partial charge in [0.15, 0.2) is 0 Å². The molecule has 0 radical (unpaired) electrons. The predicted molar refractivity (Wildman–Crippen MR) is 49.1 cm³/mol. The Labute approximate surface area is 76.9 Å². The molecule has 1 aromatic rings. The van der Waals surface area contributed by atoms with Crippen molar-refractivity contribution in [2.45, 2.75) is 6.54 Å². The Bertz CT molecular complexity index is 267. The van der Waals surface area contributed by atoms with Crippen LogP contribution in [0, 0.1) is 0 Å². The molecule has 0 amide bonds. The second-order valence-corrected chi connectivity index (χ2v) is 3.19. The second kappa shape index (κ2) is 3.76. The van der Waals surface area contributed by atoms with Crippen LogP contribution in [0.1, 0.15) is 5.69 Å². The first-order valence-corrected chi connectivity index (χ1v) is 4.44. The van der Waals surface area contributed by atoms with Gasteiger partial charge >= 0.3 is 0 Å². The van der Waals surface area contributed by atoms with E-state index in [-0.39, 0.29) is 0 Å². The van der Waals surface area contributed by atoms with Gasteiger partial charge in [-0.3, -0.25) is 10.00 Å². The normalized spacial score (nSPS) is 19.1. The molecule has 1 fully saturated rings. The van der Waals surface area contributed by atoms with E-state index in [0.29, 0.717) is 0 Å². The van der Waals surface area contributed by atoms with Crippen molar-refractivity contribution in [2.75, 3.05) is 32.0 Å². The fraction of sp³-hybridized carbons (Fsp3) is 0.625. The topological polar surface area (TPSA) is 67.2 Å². The summed E-state index contributed by atoms with van der Waals surface area (Å²) in [7, 11) is 0. The van der Waals surface area contributed by atoms with Gasteiger partial charge in [-0.15, -0.1) is 0 Å². The Hall–Kier alpha value is -1.07. The number of hydrogen-bond acceptors (Lipinski definition) is 4. The van der Waals surface area contributed by atoms with E-state index in [4.69, 9.17) is 10.5 Å². The lowest BCUT2D eigenvalue weighted by atomic mass is 10.3. The molecule has 5 nitrogen and oxygen atoms in total. The van der Waals surface area contributed by atoms with Crippen molar-refractivity contribution in [3.05, 3.63) is 11.9 Å². The molecule has 0 atom stereocenters. The summed E-state index contributed by atoms with van der Waals surface area (Å²) in [5.41, 5.74) is 7.45. The van der Waals surface area contributed by atoms with Crippen LogP contribution in [-0.4, -0.2) is 41.4 Å². The Balaban J connectivity index is 1.93. The Morgan fingerprint density at radius 3 is 2.92 bits per heavy atom. The lowest BCUT2D eigenvalue weighted by molar-refractivity contribution is 0.0337. The van der Waals surface area contributed by atoms with Gasteiger partial charge in [-0.1, -0.05) is 0 Å². The summed E-state index contributed by atoms with van der Waals surface area (Å²) in [4.78, 5) is 2.30. The maximum absolute atomic E-state index is 5.71. The first kappa shape index (κ1) is 8.52. The number of nitrogens with one attached hydrogen (secondary N) is 1. The van der Waals surface area contributed by atoms with E-state index in [1.54, 1.807) is 6.20 Å². The van der Waals surface area contributed by atoms with Crippen molar-refractivity contribution in [1.82, 2.24) is 15.1 Å². The summed E-state index contributed by atoms with van der Waals surface area (Å²) < 4.78 is 5.25. The van der Waals surface area contributed by atoms with E-state index >= 15 is 0 Å². The van der Waals surface area contributed by atoms with Crippen LogP contribution in [0.15, 0.2) is 6.20 Å². The maximum atomic E-state index is 5.71. The molecule has 0 saturated carbocycles. The van der Waals surface area contributed by atoms with E-state index in [0.717, 1.165) is 44.2 Å². The molecule has 0 aliphatic carbocycles. The molecule has 2 heterocycles. The number of anilines is 1. The zero-order valence-electron chi connectivity index (χ0n) is 7.49. The van der Waals surface area contributed by atoms with Crippen LogP contribution in [0.3, 0.4) is 0 Å². The summed E-state index contributed by atoms with van der Waals surface area (Å²) in [5, 5.41) is 6.77. The smallest absolute Gasteiger partial charge is 0.0743 e. The molecule has 5 heteroatoms. The molecular formula is C8H14N4O. The fourth-order valence-corrected chi connectivity index (χ4v) is 1.43. The van der Waals surface area contributed by atoms with Crippen LogP contribution in [0.25, 0.3) is 0 Å². The third-order valence-electron chi connectivity index (χ3n) is 2.24. The molecule has 1 saturated heterocycles. The van der Waals surface area contributed by atoms with Gasteiger partial charge in [0.05, 0.1) is 30.8 Å². The number of aromatic nitrogens is 2. The molecule has 3 N–H and O–H groups in total. The van der Waals surface area contributed by atoms with Gasteiger partial charge in [0, 0.05) is 19.6 Å². The monoisotopic (exact) mass is 182 g/mol. The van der Waals surface area contributed by atoms with Crippen molar-refractivity contribution in [2.24, 2.45) is 0 Å². The highest BCUT2D eigenvalue weighted by atomic mass is 16.5. The highest BCUT2D eigenvalue weighted by Gasteiger charge is 2.12. The number of morpholine rings is 1. The molecular weight excluding hydrogens is 168 g/mol. The number of hydrogen-bond donors (Lipinski definition) is 2. The minimum absolute atomic E-state index is 0.742. The Morgan fingerprint density at radius 1 is 1.54 bits per heavy atom. The van der Waals surface area contributed by atoms with Gasteiger partial charge < -0.3 is 10.5 Å². The lowest BCUT2D eigenvalue weighted by Crippen LogP contribution is -2.35. The third kappa shape index (κ3) is 1.99. The summed E-state index contributed by atoms with van der Waals surface area (Å²) in [6, 6.07) is 0. The van der Waals surface area contributed by atoms with E-state index in [1.807, 2.05) is 0 Å². The van der Waals surface area contributed by atoms with Crippen molar-refractivity contribution in [1.29, 1.82) is 0 Å². The van der Waals surface area contributed by atoms with Gasteiger partial charge in [0.25, 0.3) is 0 Å². The van der Waals surface area contributed by atoms with Crippen LogP contribution in [-0.2, 0) is 11.3 Å². The van der Waals surface area contributed by atoms with E-state index < -0.39 is 0 Å². The highest BCUT2D eigenvalue weighted by molar-refractivity contribution is 5.39. The quantitative estimate of drug-likeness (QED) is 0.666. The Morgan fingerprint density at radius 2 is 2.31 bits per heavy atom. The van der Waals surface area contributed by atoms with Gasteiger partial charge in [-0.2, -0.15) is 5.10 Å². The summed E-state index contributed by atoms with van der Waals surface area (Å²) in [6.45, 7) is 4.41. The molecule has 2 rings (SSSR count). The van der Waals surface area contributed by atoms with Crippen molar-refractivity contribution in [3.63, 3.8) is 0 Å². The first-order chi connectivity index (χ1) is 6.36. The van der Waals surface area contributed by atoms with E-state index in [9.17, 15) is 0 Å². The zero-order valence-corrected chi connectivity index (χ0v) is 7.49. The van der Waals surface area contributed by atoms with Crippen LogP contribution < -0.4 is 5.73 Å². The van der Waals surface area contributed by atoms with Gasteiger partial charge in [0.1, 0.15) is 0 Å². The van der Waals surface area contributed by atoms with Crippen LogP contribution in [0.5, 0.6) is 0 Å². The number of nitrogens with two attached hydrogens (primary N) is 1. The van der Waals surface area contributed by atoms with Crippen molar-refractivity contribution < 1.29 is 4.74 Å². The molecule has 1 aliphatic rings. The first-order valence-electron chi connectivity index (χ1n) is 4.44. The Kier molecular flexibility index (Phi) is 2.47. The second-order valence-electron chi connectivity index (χ2n) is 3.19. The van der Waals surface area contributed by atoms with E-state index in [2.05, 4.69) is 15.1 Å². The summed E-state index contributed by atoms with van der Waals surface area (Å²) >= 11 is 0. The fourth-order valence-electron chi connectivity index (χ4n) is 1.43. The number of H-pyrrole nitrogens is 1. The van der Waals surface area contributed by atoms with Gasteiger partial charge in [0.2, 0.25) is 0 Å². The molecule has 0 bridgehead atoms. The molecule has 13 heavy (non-hydrogen) atoms. The number of ether oxygens (including phenoxy) is 1. The SMILES string of the molecule is Nc1cn[nH]c1CN1CCOCC1. The average Bonchev–Trinajstić information content (AvgIpc) is 2.54. The van der Waals surface area contributed by atoms with Crippen LogP contribution in [0.2, 0.25) is 0 Å². The van der Waals surface area contributed by atoms with Crippen LogP contribution in [0.4, 0.5) is 5.69 Å². The standard InChI is InChI=1S/C8H14N4O/c9-7-5-10-11-8(7)6-12-1-3-13-4-2-12/h5H,1-4,6,9H2,(H,10,11). The number of nitrogens with zero attached hydrogens (tertiary/aromatic N) is 2. The number of rotatable bonds is 2. The largest absolute Gasteiger partial charge is 0.396 e. The molecule has 0 aromatic carbocycles. The van der Waals surface area contributed by atoms with Gasteiger partial charge in [-0.25, -0.2) is 0 Å². The number of aromatic amines is 1. The lowest BCUT2D eigenvalue weighted by Gasteiger charge is -2.25. The van der Waals surface area contributed by atoms with Crippen LogP contribution >= 0.6 is 0 Å². The van der Waals surface area contributed by atoms with E-state index in [1.165, 1.54) is 0 Å². The van der Waals surface area contributed by atoms with Crippen molar-refractivity contribution in [3.8, 4) is 0 Å². The minimum atomic E-state index is 0.742. The molecule has 1 aromatic heterocycles. The van der Waals surface area contributed by atoms with Crippen molar-refractivity contribution >= 4 is 5.69 Å². The predicted octanol–water partition coefficient (Wildman–Crippen LogP) is -0.176. The molecule has 72 valence electrons. The third-order valence-corrected chi connectivity index (χ3v) is 2.24. The van der Waals surface area contributed by atoms with Gasteiger partial charge in [-0.05, 0) is 0 Å². The average molecular weight is 182 g/mol. The summed E-state index contributed by atoms with van der Waals surface area (Å²) in [5.74, 6) is 0. The maximum Gasteiger partial charge on any atom is 0.0743 e. The number of nitrogen functional groups attached to an aromatic ring is 1. The summed E-state index contributed by atoms with van der Waals surface area (Å²) in [6.07, 6.45) is 1.65. The molecule has 1 aliphatic heterocycles. The molecule has 0 spiro atoms. The highest BCUT2D eigenvalue weighted by Crippen LogP contribution is 2.10. The minimum Gasteiger partial charge on any atom is -0.396 e.